The Hall–Kier alpha value is -1.88. The molecule has 0 atom stereocenters. The molecule has 20 heavy (non-hydrogen) atoms. The van der Waals surface area contributed by atoms with Crippen LogP contribution in [-0.4, -0.2) is 22.6 Å². The molecule has 4 N–H and O–H groups in total. The van der Waals surface area contributed by atoms with Crippen molar-refractivity contribution in [3.8, 4) is 0 Å². The van der Waals surface area contributed by atoms with Crippen molar-refractivity contribution in [2.75, 3.05) is 11.9 Å². The second-order valence-electron chi connectivity index (χ2n) is 5.61. The van der Waals surface area contributed by atoms with Crippen LogP contribution in [0.25, 0.3) is 10.9 Å². The van der Waals surface area contributed by atoms with E-state index in [1.807, 2.05) is 18.2 Å². The summed E-state index contributed by atoms with van der Waals surface area (Å²) in [5.41, 5.74) is 7.45. The van der Waals surface area contributed by atoms with E-state index in [1.54, 1.807) is 6.20 Å². The third kappa shape index (κ3) is 2.67. The lowest BCUT2D eigenvalue weighted by atomic mass is 9.81. The maximum Gasteiger partial charge on any atom is 0.227 e. The minimum Gasteiger partial charge on any atom is -0.330 e. The highest BCUT2D eigenvalue weighted by atomic mass is 16.1. The van der Waals surface area contributed by atoms with Crippen LogP contribution in [0.4, 0.5) is 5.69 Å². The van der Waals surface area contributed by atoms with Gasteiger partial charge in [0.15, 0.2) is 0 Å². The number of carbonyl (C=O) groups is 1. The molecule has 1 aromatic carbocycles. The first-order valence-corrected chi connectivity index (χ1v) is 7.20. The van der Waals surface area contributed by atoms with Gasteiger partial charge in [-0.15, -0.1) is 0 Å². The van der Waals surface area contributed by atoms with Gasteiger partial charge in [0.1, 0.15) is 0 Å². The van der Waals surface area contributed by atoms with Crippen molar-refractivity contribution in [3.63, 3.8) is 0 Å². The van der Waals surface area contributed by atoms with Crippen molar-refractivity contribution < 1.29 is 4.79 Å². The number of aromatic nitrogens is 2. The molecule has 5 nitrogen and oxygen atoms in total. The number of rotatable bonds is 3. The topological polar surface area (TPSA) is 83.8 Å². The van der Waals surface area contributed by atoms with Crippen LogP contribution in [0.3, 0.4) is 0 Å². The highest BCUT2D eigenvalue weighted by Gasteiger charge is 2.25. The average Bonchev–Trinajstić information content (AvgIpc) is 2.95. The van der Waals surface area contributed by atoms with E-state index in [0.29, 0.717) is 5.92 Å². The van der Waals surface area contributed by atoms with Gasteiger partial charge < -0.3 is 11.1 Å². The van der Waals surface area contributed by atoms with E-state index in [-0.39, 0.29) is 11.8 Å². The smallest absolute Gasteiger partial charge is 0.227 e. The fourth-order valence-electron chi connectivity index (χ4n) is 2.92. The molecule has 2 aromatic rings. The zero-order chi connectivity index (χ0) is 13.9. The number of nitrogens with two attached hydrogens (primary N) is 1. The van der Waals surface area contributed by atoms with Crippen LogP contribution in [-0.2, 0) is 4.79 Å². The maximum absolute atomic E-state index is 12.3. The summed E-state index contributed by atoms with van der Waals surface area (Å²) in [6.45, 7) is 0.741. The number of amides is 1. The Bertz CT molecular complexity index is 599. The van der Waals surface area contributed by atoms with Gasteiger partial charge in [0.2, 0.25) is 5.91 Å². The van der Waals surface area contributed by atoms with Gasteiger partial charge in [-0.05, 0) is 56.3 Å². The minimum absolute atomic E-state index is 0.121. The number of benzene rings is 1. The molecule has 1 aliphatic carbocycles. The number of anilines is 1. The predicted octanol–water partition coefficient (Wildman–Crippen LogP) is 2.27. The number of aromatic amines is 1. The van der Waals surface area contributed by atoms with Crippen molar-refractivity contribution in [2.24, 2.45) is 17.6 Å². The highest BCUT2D eigenvalue weighted by Crippen LogP contribution is 2.29. The van der Waals surface area contributed by atoms with Crippen molar-refractivity contribution in [1.82, 2.24) is 10.2 Å². The Morgan fingerprint density at radius 3 is 2.90 bits per heavy atom. The second-order valence-corrected chi connectivity index (χ2v) is 5.61. The van der Waals surface area contributed by atoms with Crippen LogP contribution >= 0.6 is 0 Å². The maximum atomic E-state index is 12.3. The first-order valence-electron chi connectivity index (χ1n) is 7.20. The van der Waals surface area contributed by atoms with Crippen LogP contribution in [0.5, 0.6) is 0 Å². The van der Waals surface area contributed by atoms with Crippen LogP contribution in [0.2, 0.25) is 0 Å². The van der Waals surface area contributed by atoms with Crippen molar-refractivity contribution in [2.45, 2.75) is 25.7 Å². The molecule has 0 bridgehead atoms. The normalized spacial score (nSPS) is 22.9. The Morgan fingerprint density at radius 2 is 2.15 bits per heavy atom. The van der Waals surface area contributed by atoms with Crippen LogP contribution in [0.15, 0.2) is 24.4 Å². The number of nitrogens with zero attached hydrogens (tertiary/aromatic N) is 1. The zero-order valence-electron chi connectivity index (χ0n) is 11.4. The zero-order valence-corrected chi connectivity index (χ0v) is 11.4. The van der Waals surface area contributed by atoms with Crippen molar-refractivity contribution >= 4 is 22.5 Å². The quantitative estimate of drug-likeness (QED) is 0.801. The van der Waals surface area contributed by atoms with Crippen LogP contribution in [0, 0.1) is 11.8 Å². The predicted molar refractivity (Wildman–Crippen MR) is 79.2 cm³/mol. The largest absolute Gasteiger partial charge is 0.330 e. The molecule has 1 amide bonds. The molecule has 0 aliphatic heterocycles. The third-order valence-electron chi connectivity index (χ3n) is 4.26. The Labute approximate surface area is 117 Å². The van der Waals surface area contributed by atoms with Gasteiger partial charge in [-0.1, -0.05) is 0 Å². The third-order valence-corrected chi connectivity index (χ3v) is 4.26. The van der Waals surface area contributed by atoms with E-state index in [0.717, 1.165) is 48.8 Å². The lowest BCUT2D eigenvalue weighted by molar-refractivity contribution is -0.121. The Morgan fingerprint density at radius 1 is 1.35 bits per heavy atom. The van der Waals surface area contributed by atoms with Crippen molar-refractivity contribution in [3.05, 3.63) is 24.4 Å². The summed E-state index contributed by atoms with van der Waals surface area (Å²) in [5.74, 6) is 0.843. The summed E-state index contributed by atoms with van der Waals surface area (Å²) < 4.78 is 0. The molecule has 3 rings (SSSR count). The first kappa shape index (κ1) is 13.1. The van der Waals surface area contributed by atoms with Gasteiger partial charge in [-0.2, -0.15) is 5.10 Å². The molecular formula is C15H20N4O. The fourth-order valence-corrected chi connectivity index (χ4v) is 2.92. The van der Waals surface area contributed by atoms with E-state index >= 15 is 0 Å². The second kappa shape index (κ2) is 5.63. The van der Waals surface area contributed by atoms with E-state index in [2.05, 4.69) is 15.5 Å². The molecule has 1 fully saturated rings. The molecule has 106 valence electrons. The summed E-state index contributed by atoms with van der Waals surface area (Å²) in [6, 6.07) is 5.80. The summed E-state index contributed by atoms with van der Waals surface area (Å²) in [5, 5.41) is 10.9. The van der Waals surface area contributed by atoms with Gasteiger partial charge in [-0.3, -0.25) is 9.89 Å². The highest BCUT2D eigenvalue weighted by molar-refractivity contribution is 5.94. The number of fused-ring (bicyclic) bond motifs is 1. The molecule has 0 spiro atoms. The van der Waals surface area contributed by atoms with Gasteiger partial charge in [0.25, 0.3) is 0 Å². The summed E-state index contributed by atoms with van der Waals surface area (Å²) in [6.07, 6.45) is 5.79. The SMILES string of the molecule is NCC1CCC(C(=O)Nc2ccc3cn[nH]c3c2)CC1. The lowest BCUT2D eigenvalue weighted by Crippen LogP contribution is -2.29. The Balaban J connectivity index is 1.63. The fraction of sp³-hybridized carbons (Fsp3) is 0.467. The van der Waals surface area contributed by atoms with Crippen LogP contribution < -0.4 is 11.1 Å². The van der Waals surface area contributed by atoms with Gasteiger partial charge in [0.05, 0.1) is 11.7 Å². The van der Waals surface area contributed by atoms with E-state index in [1.165, 1.54) is 0 Å². The molecule has 1 aromatic heterocycles. The molecule has 0 unspecified atom stereocenters. The molecule has 1 saturated carbocycles. The molecule has 0 radical (unpaired) electrons. The number of nitrogens with one attached hydrogen (secondary N) is 2. The van der Waals surface area contributed by atoms with Gasteiger partial charge >= 0.3 is 0 Å². The molecule has 0 saturated heterocycles. The number of hydrogen-bond acceptors (Lipinski definition) is 3. The number of hydrogen-bond donors (Lipinski definition) is 3. The molecule has 1 heterocycles. The summed E-state index contributed by atoms with van der Waals surface area (Å²) in [7, 11) is 0. The summed E-state index contributed by atoms with van der Waals surface area (Å²) in [4.78, 5) is 12.3. The first-order chi connectivity index (χ1) is 9.76. The van der Waals surface area contributed by atoms with Gasteiger partial charge in [-0.25, -0.2) is 0 Å². The monoisotopic (exact) mass is 272 g/mol. The minimum atomic E-state index is 0.121. The number of carbonyl (C=O) groups excluding carboxylic acids is 1. The van der Waals surface area contributed by atoms with Crippen molar-refractivity contribution in [1.29, 1.82) is 0 Å². The molecule has 1 aliphatic rings. The standard InChI is InChI=1S/C15H20N4O/c16-8-10-1-3-11(4-2-10)15(20)18-13-6-5-12-9-17-19-14(12)7-13/h5-7,9-11H,1-4,8,16H2,(H,17,19)(H,18,20). The Kier molecular flexibility index (Phi) is 3.69. The average molecular weight is 272 g/mol. The van der Waals surface area contributed by atoms with E-state index < -0.39 is 0 Å². The molecule has 5 heteroatoms. The van der Waals surface area contributed by atoms with Gasteiger partial charge in [0, 0.05) is 17.0 Å². The van der Waals surface area contributed by atoms with E-state index in [9.17, 15) is 4.79 Å². The molecular weight excluding hydrogens is 252 g/mol. The lowest BCUT2D eigenvalue weighted by Gasteiger charge is -2.26. The summed E-state index contributed by atoms with van der Waals surface area (Å²) >= 11 is 0. The van der Waals surface area contributed by atoms with E-state index in [4.69, 9.17) is 5.73 Å². The number of H-pyrrole nitrogens is 1. The van der Waals surface area contributed by atoms with Crippen LogP contribution in [0.1, 0.15) is 25.7 Å².